The number of rotatable bonds is 0. The molecule has 1 N–H and O–H groups in total. The summed E-state index contributed by atoms with van der Waals surface area (Å²) in [4.78, 5) is 4.76. The molecule has 1 heterocycles. The maximum atomic E-state index is 4.76. The number of hydrogen-bond acceptors (Lipinski definition) is 2. The van der Waals surface area contributed by atoms with Crippen molar-refractivity contribution in [3.8, 4) is 0 Å². The molecule has 0 fully saturated rings. The third-order valence-electron chi connectivity index (χ3n) is 0.767. The maximum absolute atomic E-state index is 4.76. The summed E-state index contributed by atoms with van der Waals surface area (Å²) in [5, 5.41) is 0. The summed E-state index contributed by atoms with van der Waals surface area (Å²) in [5.41, 5.74) is 2.70. The second-order valence-corrected chi connectivity index (χ2v) is 1.34. The highest BCUT2D eigenvalue weighted by atomic mass is 16.6. The first-order chi connectivity index (χ1) is 3.50. The predicted octanol–water partition coefficient (Wildman–Crippen LogP) is 0.629. The molecular formula is C5H8NO. The molecule has 39 valence electrons. The molecule has 0 spiro atoms. The van der Waals surface area contributed by atoms with Crippen molar-refractivity contribution in [2.24, 2.45) is 0 Å². The van der Waals surface area contributed by atoms with Crippen molar-refractivity contribution >= 4 is 0 Å². The van der Waals surface area contributed by atoms with Gasteiger partial charge >= 0.3 is 0 Å². The smallest absolute Gasteiger partial charge is 0.111 e. The fourth-order valence-corrected chi connectivity index (χ4v) is 0.438. The van der Waals surface area contributed by atoms with Gasteiger partial charge in [0.15, 0.2) is 0 Å². The van der Waals surface area contributed by atoms with Gasteiger partial charge in [-0.2, -0.15) is 5.48 Å². The Kier molecular flexibility index (Phi) is 1.90. The average molecular weight is 98.1 g/mol. The molecule has 0 saturated heterocycles. The molecule has 0 aromatic carbocycles. The minimum Gasteiger partial charge on any atom is -0.295 e. The summed E-state index contributed by atoms with van der Waals surface area (Å²) in [5.74, 6) is 0. The van der Waals surface area contributed by atoms with Crippen molar-refractivity contribution in [3.63, 3.8) is 0 Å². The van der Waals surface area contributed by atoms with Crippen LogP contribution in [0.5, 0.6) is 0 Å². The first-order valence-corrected chi connectivity index (χ1v) is 2.35. The van der Waals surface area contributed by atoms with Gasteiger partial charge in [0.2, 0.25) is 0 Å². The van der Waals surface area contributed by atoms with Gasteiger partial charge in [-0.3, -0.25) is 4.84 Å². The molecule has 7 heavy (non-hydrogen) atoms. The van der Waals surface area contributed by atoms with Crippen LogP contribution in [0, 0.1) is 6.61 Å². The van der Waals surface area contributed by atoms with Gasteiger partial charge in [0.1, 0.15) is 6.61 Å². The average Bonchev–Trinajstić information content (AvgIpc) is 1.90. The minimum atomic E-state index is 0.816. The second kappa shape index (κ2) is 2.77. The van der Waals surface area contributed by atoms with E-state index in [1.165, 1.54) is 0 Å². The molecule has 1 rings (SSSR count). The van der Waals surface area contributed by atoms with Crippen LogP contribution < -0.4 is 5.48 Å². The van der Waals surface area contributed by atoms with Gasteiger partial charge in [0, 0.05) is 6.54 Å². The summed E-state index contributed by atoms with van der Waals surface area (Å²) in [6.07, 6.45) is 5.00. The highest BCUT2D eigenvalue weighted by molar-refractivity contribution is 4.86. The van der Waals surface area contributed by atoms with E-state index >= 15 is 0 Å². The number of nitrogens with one attached hydrogen (secondary N) is 1. The molecule has 0 aromatic heterocycles. The van der Waals surface area contributed by atoms with Crippen molar-refractivity contribution in [3.05, 3.63) is 18.8 Å². The van der Waals surface area contributed by atoms with Crippen LogP contribution in [-0.4, -0.2) is 6.54 Å². The lowest BCUT2D eigenvalue weighted by molar-refractivity contribution is 0.106. The van der Waals surface area contributed by atoms with Crippen LogP contribution in [-0.2, 0) is 4.84 Å². The molecule has 0 saturated carbocycles. The molecule has 0 amide bonds. The molecular weight excluding hydrogens is 90.1 g/mol. The summed E-state index contributed by atoms with van der Waals surface area (Å²) in [6.45, 7) is 2.54. The van der Waals surface area contributed by atoms with Crippen LogP contribution in [0.4, 0.5) is 0 Å². The zero-order chi connectivity index (χ0) is 4.95. The third kappa shape index (κ3) is 1.71. The molecule has 0 bridgehead atoms. The topological polar surface area (TPSA) is 21.3 Å². The zero-order valence-corrected chi connectivity index (χ0v) is 4.05. The van der Waals surface area contributed by atoms with Crippen molar-refractivity contribution in [2.75, 3.05) is 6.54 Å². The summed E-state index contributed by atoms with van der Waals surface area (Å²) in [7, 11) is 0. The van der Waals surface area contributed by atoms with Gasteiger partial charge in [-0.1, -0.05) is 12.2 Å². The maximum Gasteiger partial charge on any atom is 0.111 e. The van der Waals surface area contributed by atoms with Gasteiger partial charge in [-0.05, 0) is 6.42 Å². The standard InChI is InChI=1S/C5H8NO/c1-2-4-6-7-5-3-1/h1-2,5-6H,3-4H2. The highest BCUT2D eigenvalue weighted by Crippen LogP contribution is 1.91. The van der Waals surface area contributed by atoms with Crippen LogP contribution in [0.15, 0.2) is 12.2 Å². The van der Waals surface area contributed by atoms with E-state index in [2.05, 4.69) is 11.6 Å². The van der Waals surface area contributed by atoms with Crippen molar-refractivity contribution in [2.45, 2.75) is 6.42 Å². The van der Waals surface area contributed by atoms with E-state index in [0.717, 1.165) is 13.0 Å². The van der Waals surface area contributed by atoms with E-state index in [0.29, 0.717) is 0 Å². The number of hydroxylamine groups is 1. The van der Waals surface area contributed by atoms with Crippen LogP contribution in [0.1, 0.15) is 6.42 Å². The van der Waals surface area contributed by atoms with Crippen molar-refractivity contribution in [1.82, 2.24) is 5.48 Å². The molecule has 1 aliphatic rings. The van der Waals surface area contributed by atoms with Gasteiger partial charge in [-0.25, -0.2) is 0 Å². The molecule has 0 unspecified atom stereocenters. The Bertz CT molecular complexity index is 62.5. The Morgan fingerprint density at radius 1 is 1.43 bits per heavy atom. The Morgan fingerprint density at radius 2 is 2.43 bits per heavy atom. The number of hydrogen-bond donors (Lipinski definition) is 1. The summed E-state index contributed by atoms with van der Waals surface area (Å²) < 4.78 is 0. The molecule has 1 radical (unpaired) electrons. The van der Waals surface area contributed by atoms with Gasteiger partial charge in [-0.15, -0.1) is 0 Å². The Labute approximate surface area is 43.1 Å². The molecule has 2 heteroatoms. The third-order valence-corrected chi connectivity index (χ3v) is 0.767. The monoisotopic (exact) mass is 98.1 g/mol. The Morgan fingerprint density at radius 3 is 3.43 bits per heavy atom. The first-order valence-electron chi connectivity index (χ1n) is 2.35. The van der Waals surface area contributed by atoms with Gasteiger partial charge in [0.25, 0.3) is 0 Å². The van der Waals surface area contributed by atoms with Gasteiger partial charge in [0.05, 0.1) is 0 Å². The molecule has 0 atom stereocenters. The lowest BCUT2D eigenvalue weighted by Gasteiger charge is -1.93. The normalized spacial score (nSPS) is 21.7. The fourth-order valence-electron chi connectivity index (χ4n) is 0.438. The Balaban J connectivity index is 2.20. The van der Waals surface area contributed by atoms with Gasteiger partial charge < -0.3 is 0 Å². The molecule has 0 aliphatic carbocycles. The molecule has 0 aromatic rings. The summed E-state index contributed by atoms with van der Waals surface area (Å²) in [6, 6.07) is 0. The minimum absolute atomic E-state index is 0.816. The largest absolute Gasteiger partial charge is 0.295 e. The predicted molar refractivity (Wildman–Crippen MR) is 27.1 cm³/mol. The quantitative estimate of drug-likeness (QED) is 0.449. The van der Waals surface area contributed by atoms with Crippen LogP contribution >= 0.6 is 0 Å². The van der Waals surface area contributed by atoms with E-state index in [-0.39, 0.29) is 0 Å². The highest BCUT2D eigenvalue weighted by Gasteiger charge is 1.87. The Hall–Kier alpha value is -0.340. The molecule has 1 aliphatic heterocycles. The lowest BCUT2D eigenvalue weighted by atomic mass is 10.4. The lowest BCUT2D eigenvalue weighted by Crippen LogP contribution is -2.09. The van der Waals surface area contributed by atoms with E-state index in [4.69, 9.17) is 4.84 Å². The van der Waals surface area contributed by atoms with Crippen LogP contribution in [0.3, 0.4) is 0 Å². The molecule has 2 nitrogen and oxygen atoms in total. The summed E-state index contributed by atoms with van der Waals surface area (Å²) >= 11 is 0. The van der Waals surface area contributed by atoms with Crippen molar-refractivity contribution in [1.29, 1.82) is 0 Å². The first kappa shape index (κ1) is 4.81. The van der Waals surface area contributed by atoms with Crippen LogP contribution in [0.25, 0.3) is 0 Å². The second-order valence-electron chi connectivity index (χ2n) is 1.34. The fraction of sp³-hybridized carbons (Fsp3) is 0.400. The SMILES string of the molecule is [CH]1CC=CCNO1. The van der Waals surface area contributed by atoms with Crippen LogP contribution in [0.2, 0.25) is 0 Å². The van der Waals surface area contributed by atoms with E-state index in [1.807, 2.05) is 6.08 Å². The van der Waals surface area contributed by atoms with Crippen molar-refractivity contribution < 1.29 is 4.84 Å². The zero-order valence-electron chi connectivity index (χ0n) is 4.05. The van der Waals surface area contributed by atoms with E-state index in [1.54, 1.807) is 6.61 Å². The van der Waals surface area contributed by atoms with E-state index < -0.39 is 0 Å². The van der Waals surface area contributed by atoms with E-state index in [9.17, 15) is 0 Å².